The molecule has 6 heteroatoms. The summed E-state index contributed by atoms with van der Waals surface area (Å²) >= 11 is 5.93. The fourth-order valence-electron chi connectivity index (χ4n) is 5.39. The normalized spacial score (nSPS) is 29.7. The fourth-order valence-corrected chi connectivity index (χ4v) is 5.51. The Morgan fingerprint density at radius 1 is 1.10 bits per heavy atom. The third-order valence-corrected chi connectivity index (χ3v) is 7.11. The summed E-state index contributed by atoms with van der Waals surface area (Å²) in [5, 5.41) is 10.7. The molecule has 0 saturated heterocycles. The van der Waals surface area contributed by atoms with Crippen LogP contribution in [0.3, 0.4) is 0 Å². The monoisotopic (exact) mass is 409 g/mol. The van der Waals surface area contributed by atoms with Gasteiger partial charge in [-0.25, -0.2) is 0 Å². The molecule has 0 radical (unpaired) electrons. The summed E-state index contributed by atoms with van der Waals surface area (Å²) in [4.78, 5) is 25.6. The first kappa shape index (κ1) is 18.5. The number of anilines is 1. The summed E-state index contributed by atoms with van der Waals surface area (Å²) in [5.74, 6) is 0.615. The van der Waals surface area contributed by atoms with Crippen molar-refractivity contribution >= 4 is 29.1 Å². The predicted molar refractivity (Wildman–Crippen MR) is 112 cm³/mol. The third-order valence-electron chi connectivity index (χ3n) is 6.86. The SMILES string of the molecule is O=C1N[C@@]2(CC3CCC2CC3C(=O)NCc2ccc(Cl)cc2)Nc2ccccc21. The van der Waals surface area contributed by atoms with Gasteiger partial charge in [0.2, 0.25) is 5.91 Å². The predicted octanol–water partition coefficient (Wildman–Crippen LogP) is 3.94. The molecule has 29 heavy (non-hydrogen) atoms. The molecule has 3 N–H and O–H groups in total. The second-order valence-corrected chi connectivity index (χ2v) is 8.96. The summed E-state index contributed by atoms with van der Waals surface area (Å²) in [6.45, 7) is 0.511. The van der Waals surface area contributed by atoms with Gasteiger partial charge in [0.15, 0.2) is 0 Å². The van der Waals surface area contributed by atoms with E-state index in [1.54, 1.807) is 0 Å². The first-order valence-electron chi connectivity index (χ1n) is 10.3. The quantitative estimate of drug-likeness (QED) is 0.719. The largest absolute Gasteiger partial charge is 0.362 e. The zero-order valence-electron chi connectivity index (χ0n) is 16.1. The molecule has 3 fully saturated rings. The standard InChI is InChI=1S/C23H24ClN3O2/c24-17-9-5-14(6-10-17)13-25-21(28)19-11-16-8-7-15(19)12-23(16)26-20-4-2-1-3-18(20)22(29)27-23/h1-6,9-10,15-16,19,26H,7-8,11-13H2,(H,25,28)(H,27,29)/t15?,16?,19?,23-/m1/s1. The van der Waals surface area contributed by atoms with Crippen molar-refractivity contribution in [1.29, 1.82) is 0 Å². The first-order chi connectivity index (χ1) is 14.0. The molecule has 3 unspecified atom stereocenters. The zero-order chi connectivity index (χ0) is 20.0. The minimum atomic E-state index is -0.429. The van der Waals surface area contributed by atoms with Gasteiger partial charge in [0.05, 0.1) is 5.56 Å². The van der Waals surface area contributed by atoms with E-state index in [0.29, 0.717) is 17.1 Å². The molecule has 150 valence electrons. The number of hydrogen-bond acceptors (Lipinski definition) is 3. The number of carbonyl (C=O) groups excluding carboxylic acids is 2. The number of benzene rings is 2. The van der Waals surface area contributed by atoms with Crippen molar-refractivity contribution in [3.05, 3.63) is 64.7 Å². The van der Waals surface area contributed by atoms with Crippen LogP contribution in [0.25, 0.3) is 0 Å². The Balaban J connectivity index is 1.28. The average Bonchev–Trinajstić information content (AvgIpc) is 2.73. The van der Waals surface area contributed by atoms with Crippen LogP contribution in [-0.2, 0) is 11.3 Å². The van der Waals surface area contributed by atoms with Crippen molar-refractivity contribution in [1.82, 2.24) is 10.6 Å². The number of fused-ring (bicyclic) bond motifs is 3. The Kier molecular flexibility index (Phi) is 4.50. The molecule has 2 aromatic carbocycles. The van der Waals surface area contributed by atoms with Crippen LogP contribution in [0.4, 0.5) is 5.69 Å². The van der Waals surface area contributed by atoms with E-state index in [1.165, 1.54) is 0 Å². The molecule has 3 aliphatic carbocycles. The number of hydrogen-bond donors (Lipinski definition) is 3. The van der Waals surface area contributed by atoms with Crippen LogP contribution in [0.15, 0.2) is 48.5 Å². The number of amides is 2. The van der Waals surface area contributed by atoms with Gasteiger partial charge >= 0.3 is 0 Å². The minimum Gasteiger partial charge on any atom is -0.362 e. The van der Waals surface area contributed by atoms with E-state index in [2.05, 4.69) is 16.0 Å². The number of halogens is 1. The Morgan fingerprint density at radius 2 is 1.90 bits per heavy atom. The van der Waals surface area contributed by atoms with Gasteiger partial charge in [0.25, 0.3) is 5.91 Å². The van der Waals surface area contributed by atoms with E-state index < -0.39 is 5.66 Å². The lowest BCUT2D eigenvalue weighted by molar-refractivity contribution is -0.132. The number of para-hydroxylation sites is 1. The van der Waals surface area contributed by atoms with E-state index in [9.17, 15) is 9.59 Å². The maximum atomic E-state index is 12.9. The molecule has 4 atom stereocenters. The summed E-state index contributed by atoms with van der Waals surface area (Å²) in [6.07, 6.45) is 3.65. The van der Waals surface area contributed by atoms with Crippen molar-refractivity contribution in [2.45, 2.75) is 37.9 Å². The highest BCUT2D eigenvalue weighted by Gasteiger charge is 2.55. The summed E-state index contributed by atoms with van der Waals surface area (Å²) in [5.41, 5.74) is 2.20. The smallest absolute Gasteiger partial charge is 0.255 e. The van der Waals surface area contributed by atoms with Crippen molar-refractivity contribution < 1.29 is 9.59 Å². The molecule has 6 rings (SSSR count). The van der Waals surface area contributed by atoms with Gasteiger partial charge in [0, 0.05) is 29.1 Å². The molecule has 5 nitrogen and oxygen atoms in total. The van der Waals surface area contributed by atoms with Crippen LogP contribution in [-0.4, -0.2) is 17.5 Å². The minimum absolute atomic E-state index is 0.00236. The summed E-state index contributed by atoms with van der Waals surface area (Å²) in [7, 11) is 0. The van der Waals surface area contributed by atoms with Crippen molar-refractivity contribution in [3.63, 3.8) is 0 Å². The maximum absolute atomic E-state index is 12.9. The highest BCUT2D eigenvalue weighted by Crippen LogP contribution is 2.51. The molecule has 4 aliphatic rings. The van der Waals surface area contributed by atoms with Crippen LogP contribution < -0.4 is 16.0 Å². The molecule has 2 bridgehead atoms. The Bertz CT molecular complexity index is 961. The van der Waals surface area contributed by atoms with Crippen LogP contribution in [0.1, 0.15) is 41.6 Å². The van der Waals surface area contributed by atoms with Crippen molar-refractivity contribution in [3.8, 4) is 0 Å². The van der Waals surface area contributed by atoms with Gasteiger partial charge in [0.1, 0.15) is 5.66 Å². The van der Waals surface area contributed by atoms with Gasteiger partial charge in [-0.3, -0.25) is 9.59 Å². The van der Waals surface area contributed by atoms with E-state index in [1.807, 2.05) is 48.5 Å². The summed E-state index contributed by atoms with van der Waals surface area (Å²) < 4.78 is 0. The maximum Gasteiger partial charge on any atom is 0.255 e. The molecule has 3 saturated carbocycles. The molecule has 0 aromatic heterocycles. The van der Waals surface area contributed by atoms with Gasteiger partial charge < -0.3 is 16.0 Å². The molecule has 1 heterocycles. The van der Waals surface area contributed by atoms with Gasteiger partial charge in [-0.05, 0) is 61.4 Å². The Labute approximate surface area is 175 Å². The van der Waals surface area contributed by atoms with Crippen LogP contribution in [0.2, 0.25) is 5.02 Å². The fraction of sp³-hybridized carbons (Fsp3) is 0.391. The lowest BCUT2D eigenvalue weighted by atomic mass is 9.58. The topological polar surface area (TPSA) is 70.2 Å². The molecule has 2 aromatic rings. The molecule has 1 spiro atoms. The third kappa shape index (κ3) is 3.27. The number of nitrogens with one attached hydrogen (secondary N) is 3. The van der Waals surface area contributed by atoms with Gasteiger partial charge in [-0.2, -0.15) is 0 Å². The van der Waals surface area contributed by atoms with E-state index >= 15 is 0 Å². The first-order valence-corrected chi connectivity index (χ1v) is 10.6. The van der Waals surface area contributed by atoms with Crippen molar-refractivity contribution in [2.24, 2.45) is 17.8 Å². The van der Waals surface area contributed by atoms with Gasteiger partial charge in [-0.15, -0.1) is 0 Å². The van der Waals surface area contributed by atoms with Gasteiger partial charge in [-0.1, -0.05) is 35.9 Å². The lowest BCUT2D eigenvalue weighted by Gasteiger charge is -2.56. The highest BCUT2D eigenvalue weighted by molar-refractivity contribution is 6.30. The molecular formula is C23H24ClN3O2. The van der Waals surface area contributed by atoms with E-state index in [-0.39, 0.29) is 29.6 Å². The lowest BCUT2D eigenvalue weighted by Crippen LogP contribution is -2.68. The Hall–Kier alpha value is -2.53. The second-order valence-electron chi connectivity index (χ2n) is 8.52. The number of rotatable bonds is 3. The average molecular weight is 410 g/mol. The van der Waals surface area contributed by atoms with Crippen molar-refractivity contribution in [2.75, 3.05) is 5.32 Å². The highest BCUT2D eigenvalue weighted by atomic mass is 35.5. The van der Waals surface area contributed by atoms with Crippen LogP contribution >= 0.6 is 11.6 Å². The Morgan fingerprint density at radius 3 is 2.66 bits per heavy atom. The van der Waals surface area contributed by atoms with E-state index in [4.69, 9.17) is 11.6 Å². The molecule has 2 amide bonds. The van der Waals surface area contributed by atoms with E-state index in [0.717, 1.165) is 36.9 Å². The molecular weight excluding hydrogens is 386 g/mol. The van der Waals surface area contributed by atoms with Crippen LogP contribution in [0, 0.1) is 17.8 Å². The van der Waals surface area contributed by atoms with Crippen LogP contribution in [0.5, 0.6) is 0 Å². The zero-order valence-corrected chi connectivity index (χ0v) is 16.8. The summed E-state index contributed by atoms with van der Waals surface area (Å²) in [6, 6.07) is 15.2. The number of carbonyl (C=O) groups is 2. The molecule has 1 aliphatic heterocycles. The second kappa shape index (κ2) is 7.06.